The largest absolute Gasteiger partial charge is 0.394 e. The summed E-state index contributed by atoms with van der Waals surface area (Å²) in [5.41, 5.74) is 0. The SMILES string of the molecule is CCCCCC(O)CO.CCCCCC(O)CO. The first-order chi connectivity index (χ1) is 8.62. The maximum absolute atomic E-state index is 8.83. The van der Waals surface area contributed by atoms with E-state index >= 15 is 0 Å². The molecular weight excluding hydrogens is 232 g/mol. The van der Waals surface area contributed by atoms with E-state index in [4.69, 9.17) is 20.4 Å². The summed E-state index contributed by atoms with van der Waals surface area (Å²) in [6, 6.07) is 0. The van der Waals surface area contributed by atoms with Gasteiger partial charge in [-0.15, -0.1) is 0 Å². The molecule has 4 N–H and O–H groups in total. The predicted octanol–water partition coefficient (Wildman–Crippen LogP) is 1.84. The molecule has 0 spiro atoms. The van der Waals surface area contributed by atoms with Crippen LogP contribution in [0.1, 0.15) is 65.2 Å². The first-order valence-corrected chi connectivity index (χ1v) is 7.20. The second-order valence-corrected chi connectivity index (χ2v) is 4.66. The van der Waals surface area contributed by atoms with E-state index in [0.717, 1.165) is 51.4 Å². The quantitative estimate of drug-likeness (QED) is 0.454. The molecule has 0 saturated heterocycles. The molecule has 2 unspecified atom stereocenters. The van der Waals surface area contributed by atoms with E-state index in [1.54, 1.807) is 0 Å². The Kier molecular flexibility index (Phi) is 18.9. The number of hydrogen-bond donors (Lipinski definition) is 4. The molecule has 0 saturated carbocycles. The Bertz CT molecular complexity index is 126. The normalized spacial score (nSPS) is 13.7. The number of unbranched alkanes of at least 4 members (excludes halogenated alkanes) is 4. The van der Waals surface area contributed by atoms with Crippen LogP contribution in [-0.4, -0.2) is 45.8 Å². The van der Waals surface area contributed by atoms with Crippen LogP contribution in [0.15, 0.2) is 0 Å². The Morgan fingerprint density at radius 1 is 0.667 bits per heavy atom. The molecule has 0 heterocycles. The molecule has 0 aromatic carbocycles. The van der Waals surface area contributed by atoms with E-state index in [1.807, 2.05) is 0 Å². The highest BCUT2D eigenvalue weighted by atomic mass is 16.3. The lowest BCUT2D eigenvalue weighted by Gasteiger charge is -2.04. The van der Waals surface area contributed by atoms with Crippen molar-refractivity contribution in [1.82, 2.24) is 0 Å². The van der Waals surface area contributed by atoms with Gasteiger partial charge in [0.05, 0.1) is 25.4 Å². The zero-order valence-electron chi connectivity index (χ0n) is 12.0. The van der Waals surface area contributed by atoms with Crippen molar-refractivity contribution in [2.24, 2.45) is 0 Å². The average molecular weight is 264 g/mol. The zero-order valence-corrected chi connectivity index (χ0v) is 12.0. The van der Waals surface area contributed by atoms with Gasteiger partial charge in [0.15, 0.2) is 0 Å². The van der Waals surface area contributed by atoms with Crippen LogP contribution < -0.4 is 0 Å². The third-order valence-electron chi connectivity index (χ3n) is 2.70. The molecule has 0 aromatic heterocycles. The van der Waals surface area contributed by atoms with Gasteiger partial charge in [0, 0.05) is 0 Å². The second-order valence-electron chi connectivity index (χ2n) is 4.66. The molecule has 0 fully saturated rings. The summed E-state index contributed by atoms with van der Waals surface area (Å²) in [7, 11) is 0. The van der Waals surface area contributed by atoms with Crippen molar-refractivity contribution in [1.29, 1.82) is 0 Å². The third-order valence-corrected chi connectivity index (χ3v) is 2.70. The molecule has 0 amide bonds. The molecule has 0 aromatic rings. The van der Waals surface area contributed by atoms with Gasteiger partial charge >= 0.3 is 0 Å². The van der Waals surface area contributed by atoms with Crippen molar-refractivity contribution in [2.75, 3.05) is 13.2 Å². The van der Waals surface area contributed by atoms with Gasteiger partial charge in [-0.25, -0.2) is 0 Å². The summed E-state index contributed by atoms with van der Waals surface area (Å²) in [5.74, 6) is 0. The van der Waals surface area contributed by atoms with Crippen LogP contribution in [0.3, 0.4) is 0 Å². The fourth-order valence-electron chi connectivity index (χ4n) is 1.44. The smallest absolute Gasteiger partial charge is 0.0770 e. The number of rotatable bonds is 10. The fraction of sp³-hybridized carbons (Fsp3) is 1.00. The molecule has 0 radical (unpaired) electrons. The fourth-order valence-corrected chi connectivity index (χ4v) is 1.44. The van der Waals surface area contributed by atoms with E-state index in [2.05, 4.69) is 13.8 Å². The van der Waals surface area contributed by atoms with Crippen molar-refractivity contribution in [3.8, 4) is 0 Å². The highest BCUT2D eigenvalue weighted by Crippen LogP contribution is 2.02. The van der Waals surface area contributed by atoms with E-state index in [1.165, 1.54) is 0 Å². The lowest BCUT2D eigenvalue weighted by atomic mass is 10.1. The number of aliphatic hydroxyl groups is 4. The monoisotopic (exact) mass is 264 g/mol. The lowest BCUT2D eigenvalue weighted by molar-refractivity contribution is 0.0861. The maximum atomic E-state index is 8.83. The van der Waals surface area contributed by atoms with Crippen LogP contribution in [0.5, 0.6) is 0 Å². The first-order valence-electron chi connectivity index (χ1n) is 7.20. The Balaban J connectivity index is 0. The Morgan fingerprint density at radius 2 is 1.00 bits per heavy atom. The maximum Gasteiger partial charge on any atom is 0.0770 e. The van der Waals surface area contributed by atoms with Crippen LogP contribution in [0.4, 0.5) is 0 Å². The lowest BCUT2D eigenvalue weighted by Crippen LogP contribution is -2.10. The Morgan fingerprint density at radius 3 is 1.22 bits per heavy atom. The van der Waals surface area contributed by atoms with Crippen LogP contribution in [0, 0.1) is 0 Å². The van der Waals surface area contributed by atoms with Crippen LogP contribution >= 0.6 is 0 Å². The van der Waals surface area contributed by atoms with E-state index < -0.39 is 12.2 Å². The van der Waals surface area contributed by atoms with Gasteiger partial charge in [0.1, 0.15) is 0 Å². The van der Waals surface area contributed by atoms with Crippen molar-refractivity contribution in [3.05, 3.63) is 0 Å². The minimum atomic E-state index is -0.489. The summed E-state index contributed by atoms with van der Waals surface area (Å²) in [4.78, 5) is 0. The van der Waals surface area contributed by atoms with Crippen molar-refractivity contribution in [3.63, 3.8) is 0 Å². The third kappa shape index (κ3) is 18.2. The molecule has 0 aliphatic heterocycles. The van der Waals surface area contributed by atoms with Crippen molar-refractivity contribution >= 4 is 0 Å². The van der Waals surface area contributed by atoms with Crippen LogP contribution in [0.2, 0.25) is 0 Å². The molecule has 0 aliphatic carbocycles. The van der Waals surface area contributed by atoms with Crippen LogP contribution in [0.25, 0.3) is 0 Å². The highest BCUT2D eigenvalue weighted by Gasteiger charge is 1.99. The van der Waals surface area contributed by atoms with E-state index in [-0.39, 0.29) is 13.2 Å². The zero-order chi connectivity index (χ0) is 14.2. The second kappa shape index (κ2) is 16.8. The molecule has 112 valence electrons. The molecular formula is C14H32O4. The van der Waals surface area contributed by atoms with E-state index in [9.17, 15) is 0 Å². The topological polar surface area (TPSA) is 80.9 Å². The standard InChI is InChI=1S/2C7H16O2/c2*1-2-3-4-5-7(9)6-8/h2*7-9H,2-6H2,1H3. The molecule has 0 bridgehead atoms. The Hall–Kier alpha value is -0.160. The van der Waals surface area contributed by atoms with Crippen molar-refractivity contribution < 1.29 is 20.4 Å². The van der Waals surface area contributed by atoms with Gasteiger partial charge < -0.3 is 20.4 Å². The van der Waals surface area contributed by atoms with Crippen LogP contribution in [-0.2, 0) is 0 Å². The summed E-state index contributed by atoms with van der Waals surface area (Å²) >= 11 is 0. The van der Waals surface area contributed by atoms with Gasteiger partial charge in [0.2, 0.25) is 0 Å². The molecule has 18 heavy (non-hydrogen) atoms. The highest BCUT2D eigenvalue weighted by molar-refractivity contribution is 4.52. The van der Waals surface area contributed by atoms with Gasteiger partial charge in [-0.2, -0.15) is 0 Å². The van der Waals surface area contributed by atoms with Gasteiger partial charge in [0.25, 0.3) is 0 Å². The van der Waals surface area contributed by atoms with Gasteiger partial charge in [-0.05, 0) is 12.8 Å². The summed E-state index contributed by atoms with van der Waals surface area (Å²) in [5, 5.41) is 34.4. The molecule has 0 aliphatic rings. The van der Waals surface area contributed by atoms with E-state index in [0.29, 0.717) is 0 Å². The molecule has 0 rings (SSSR count). The van der Waals surface area contributed by atoms with Gasteiger partial charge in [-0.1, -0.05) is 52.4 Å². The van der Waals surface area contributed by atoms with Gasteiger partial charge in [-0.3, -0.25) is 0 Å². The van der Waals surface area contributed by atoms with Crippen molar-refractivity contribution in [2.45, 2.75) is 77.4 Å². The summed E-state index contributed by atoms with van der Waals surface area (Å²) < 4.78 is 0. The average Bonchev–Trinajstić information content (AvgIpc) is 2.39. The minimum absolute atomic E-state index is 0.0935. The first kappa shape index (κ1) is 20.2. The molecule has 2 atom stereocenters. The predicted molar refractivity (Wildman–Crippen MR) is 74.5 cm³/mol. The summed E-state index contributed by atoms with van der Waals surface area (Å²) in [6.07, 6.45) is 7.18. The number of aliphatic hydroxyl groups excluding tert-OH is 4. The number of hydrogen-bond acceptors (Lipinski definition) is 4. The summed E-state index contributed by atoms with van der Waals surface area (Å²) in [6.45, 7) is 4.05. The molecule has 4 nitrogen and oxygen atoms in total. The Labute approximate surface area is 112 Å². The minimum Gasteiger partial charge on any atom is -0.394 e. The molecule has 4 heteroatoms.